The number of carbonyl (C=O) groups excluding carboxylic acids is 1. The molecular weight excluding hydrogens is 328 g/mol. The summed E-state index contributed by atoms with van der Waals surface area (Å²) < 4.78 is 7.63. The van der Waals surface area contributed by atoms with Crippen LogP contribution in [0.4, 0.5) is 0 Å². The maximum absolute atomic E-state index is 12.8. The van der Waals surface area contributed by atoms with Crippen LogP contribution >= 0.6 is 0 Å². The highest BCUT2D eigenvalue weighted by molar-refractivity contribution is 5.92. The van der Waals surface area contributed by atoms with Crippen molar-refractivity contribution in [2.45, 2.75) is 25.4 Å². The van der Waals surface area contributed by atoms with E-state index in [1.807, 2.05) is 23.2 Å². The van der Waals surface area contributed by atoms with E-state index < -0.39 is 0 Å². The van der Waals surface area contributed by atoms with Crippen LogP contribution in [0.3, 0.4) is 0 Å². The summed E-state index contributed by atoms with van der Waals surface area (Å²) in [5.74, 6) is 0.496. The lowest BCUT2D eigenvalue weighted by molar-refractivity contribution is -0.0256. The van der Waals surface area contributed by atoms with Crippen molar-refractivity contribution in [3.05, 3.63) is 66.2 Å². The Labute approximate surface area is 152 Å². The van der Waals surface area contributed by atoms with Crippen molar-refractivity contribution in [1.29, 1.82) is 0 Å². The smallest absolute Gasteiger partial charge is 0.274 e. The minimum absolute atomic E-state index is 0.0492. The van der Waals surface area contributed by atoms with Crippen molar-refractivity contribution < 1.29 is 9.53 Å². The van der Waals surface area contributed by atoms with Crippen LogP contribution in [0.1, 0.15) is 28.9 Å². The molecule has 4 rings (SSSR count). The molecule has 1 fully saturated rings. The first-order chi connectivity index (χ1) is 12.8. The van der Waals surface area contributed by atoms with Gasteiger partial charge in [0.1, 0.15) is 5.69 Å². The van der Waals surface area contributed by atoms with Gasteiger partial charge in [-0.15, -0.1) is 0 Å². The number of hydrogen-bond acceptors (Lipinski definition) is 4. The number of aryl methyl sites for hydroxylation is 1. The van der Waals surface area contributed by atoms with E-state index in [2.05, 4.69) is 34.2 Å². The van der Waals surface area contributed by atoms with Gasteiger partial charge >= 0.3 is 0 Å². The molecule has 1 aromatic carbocycles. The maximum Gasteiger partial charge on any atom is 0.274 e. The van der Waals surface area contributed by atoms with Gasteiger partial charge in [0.25, 0.3) is 5.91 Å². The summed E-state index contributed by atoms with van der Waals surface area (Å²) in [7, 11) is 0. The number of imidazole rings is 1. The van der Waals surface area contributed by atoms with Gasteiger partial charge in [0.15, 0.2) is 0 Å². The number of carbonyl (C=O) groups is 1. The summed E-state index contributed by atoms with van der Waals surface area (Å²) >= 11 is 0. The van der Waals surface area contributed by atoms with Gasteiger partial charge in [-0.25, -0.2) is 9.97 Å². The molecule has 1 atom stereocenters. The van der Waals surface area contributed by atoms with Crippen molar-refractivity contribution in [3.8, 4) is 0 Å². The molecule has 134 valence electrons. The molecule has 0 aliphatic carbocycles. The van der Waals surface area contributed by atoms with Crippen LogP contribution in [-0.4, -0.2) is 51.0 Å². The van der Waals surface area contributed by atoms with E-state index in [4.69, 9.17) is 4.74 Å². The zero-order valence-corrected chi connectivity index (χ0v) is 14.6. The standard InChI is InChI=1S/C20H22N4O2/c25-19(18-15-24-11-5-10-21-20(24)22-18)23-12-13-26-17(14-23)9-4-8-16-6-2-1-3-7-16/h1-3,5-7,10-11,15,17H,4,8-9,12-14H2. The zero-order chi connectivity index (χ0) is 17.8. The Hall–Kier alpha value is -2.73. The SMILES string of the molecule is O=C(c1cn2cccnc2n1)N1CCOC(CCCc2ccccc2)C1. The fraction of sp³-hybridized carbons (Fsp3) is 0.350. The summed E-state index contributed by atoms with van der Waals surface area (Å²) in [5, 5.41) is 0. The second-order valence-corrected chi connectivity index (χ2v) is 6.57. The molecule has 0 saturated carbocycles. The average Bonchev–Trinajstić information content (AvgIpc) is 3.13. The zero-order valence-electron chi connectivity index (χ0n) is 14.6. The Morgan fingerprint density at radius 1 is 1.23 bits per heavy atom. The number of rotatable bonds is 5. The number of fused-ring (bicyclic) bond motifs is 1. The van der Waals surface area contributed by atoms with Gasteiger partial charge in [-0.3, -0.25) is 9.20 Å². The summed E-state index contributed by atoms with van der Waals surface area (Å²) in [6, 6.07) is 12.3. The normalized spacial score (nSPS) is 17.5. The summed E-state index contributed by atoms with van der Waals surface area (Å²) in [4.78, 5) is 23.1. The van der Waals surface area contributed by atoms with Crippen molar-refractivity contribution in [2.75, 3.05) is 19.7 Å². The Morgan fingerprint density at radius 2 is 2.12 bits per heavy atom. The van der Waals surface area contributed by atoms with E-state index in [0.29, 0.717) is 31.2 Å². The summed E-state index contributed by atoms with van der Waals surface area (Å²) in [6.45, 7) is 1.80. The Kier molecular flexibility index (Phi) is 4.93. The molecule has 0 bridgehead atoms. The molecule has 26 heavy (non-hydrogen) atoms. The van der Waals surface area contributed by atoms with Crippen molar-refractivity contribution in [2.24, 2.45) is 0 Å². The Morgan fingerprint density at radius 3 is 2.96 bits per heavy atom. The van der Waals surface area contributed by atoms with E-state index in [1.54, 1.807) is 16.8 Å². The third-order valence-electron chi connectivity index (χ3n) is 4.71. The minimum Gasteiger partial charge on any atom is -0.375 e. The van der Waals surface area contributed by atoms with Crippen LogP contribution in [0, 0.1) is 0 Å². The third kappa shape index (κ3) is 3.75. The van der Waals surface area contributed by atoms with Crippen LogP contribution < -0.4 is 0 Å². The number of morpholine rings is 1. The van der Waals surface area contributed by atoms with Crippen LogP contribution in [0.2, 0.25) is 0 Å². The molecule has 3 heterocycles. The van der Waals surface area contributed by atoms with Gasteiger partial charge in [-0.2, -0.15) is 0 Å². The van der Waals surface area contributed by atoms with Crippen LogP contribution in [-0.2, 0) is 11.2 Å². The average molecular weight is 350 g/mol. The fourth-order valence-corrected chi connectivity index (χ4v) is 3.35. The lowest BCUT2D eigenvalue weighted by atomic mass is 10.1. The predicted molar refractivity (Wildman–Crippen MR) is 98.0 cm³/mol. The molecule has 1 aliphatic rings. The van der Waals surface area contributed by atoms with E-state index >= 15 is 0 Å². The molecule has 0 N–H and O–H groups in total. The van der Waals surface area contributed by atoms with Gasteiger partial charge in [0, 0.05) is 31.7 Å². The molecule has 1 saturated heterocycles. The molecule has 6 heteroatoms. The number of aromatic nitrogens is 3. The quantitative estimate of drug-likeness (QED) is 0.710. The first kappa shape index (κ1) is 16.7. The molecule has 0 radical (unpaired) electrons. The number of ether oxygens (including phenoxy) is 1. The second-order valence-electron chi connectivity index (χ2n) is 6.57. The molecule has 0 spiro atoms. The maximum atomic E-state index is 12.8. The van der Waals surface area contributed by atoms with Crippen LogP contribution in [0.25, 0.3) is 5.78 Å². The molecule has 1 amide bonds. The lowest BCUT2D eigenvalue weighted by Crippen LogP contribution is -2.45. The van der Waals surface area contributed by atoms with Crippen LogP contribution in [0.15, 0.2) is 55.0 Å². The first-order valence-electron chi connectivity index (χ1n) is 9.04. The van der Waals surface area contributed by atoms with Gasteiger partial charge in [0.2, 0.25) is 5.78 Å². The molecule has 1 aliphatic heterocycles. The predicted octanol–water partition coefficient (Wildman–Crippen LogP) is 2.59. The highest BCUT2D eigenvalue weighted by atomic mass is 16.5. The Bertz CT molecular complexity index is 845. The first-order valence-corrected chi connectivity index (χ1v) is 9.04. The molecule has 2 aromatic heterocycles. The van der Waals surface area contributed by atoms with Gasteiger partial charge in [-0.05, 0) is 30.9 Å². The topological polar surface area (TPSA) is 59.7 Å². The van der Waals surface area contributed by atoms with Gasteiger partial charge in [0.05, 0.1) is 12.7 Å². The highest BCUT2D eigenvalue weighted by Crippen LogP contribution is 2.15. The number of hydrogen-bond donors (Lipinski definition) is 0. The van der Waals surface area contributed by atoms with Crippen molar-refractivity contribution >= 4 is 11.7 Å². The molecule has 6 nitrogen and oxygen atoms in total. The van der Waals surface area contributed by atoms with E-state index in [1.165, 1.54) is 5.56 Å². The van der Waals surface area contributed by atoms with E-state index in [0.717, 1.165) is 19.3 Å². The van der Waals surface area contributed by atoms with Crippen molar-refractivity contribution in [3.63, 3.8) is 0 Å². The molecule has 3 aromatic rings. The third-order valence-corrected chi connectivity index (χ3v) is 4.71. The minimum atomic E-state index is -0.0492. The van der Waals surface area contributed by atoms with Crippen LogP contribution in [0.5, 0.6) is 0 Å². The molecular formula is C20H22N4O2. The van der Waals surface area contributed by atoms with Gasteiger partial charge < -0.3 is 9.64 Å². The Balaban J connectivity index is 1.34. The number of benzene rings is 1. The summed E-state index contributed by atoms with van der Waals surface area (Å²) in [6.07, 6.45) is 8.38. The summed E-state index contributed by atoms with van der Waals surface area (Å²) in [5.41, 5.74) is 1.78. The largest absolute Gasteiger partial charge is 0.375 e. The fourth-order valence-electron chi connectivity index (χ4n) is 3.35. The number of nitrogens with zero attached hydrogens (tertiary/aromatic N) is 4. The molecule has 1 unspecified atom stereocenters. The number of amides is 1. The second kappa shape index (κ2) is 7.66. The van der Waals surface area contributed by atoms with Gasteiger partial charge in [-0.1, -0.05) is 30.3 Å². The van der Waals surface area contributed by atoms with E-state index in [-0.39, 0.29) is 12.0 Å². The highest BCUT2D eigenvalue weighted by Gasteiger charge is 2.26. The monoisotopic (exact) mass is 350 g/mol. The van der Waals surface area contributed by atoms with Crippen molar-refractivity contribution in [1.82, 2.24) is 19.3 Å². The van der Waals surface area contributed by atoms with E-state index in [9.17, 15) is 4.79 Å². The lowest BCUT2D eigenvalue weighted by Gasteiger charge is -2.32.